The number of piperidine rings is 1. The van der Waals surface area contributed by atoms with Crippen molar-refractivity contribution in [3.05, 3.63) is 93.7 Å². The highest BCUT2D eigenvalue weighted by Gasteiger charge is 2.19. The molecule has 0 saturated carbocycles. The van der Waals surface area contributed by atoms with Crippen LogP contribution in [0, 0.1) is 6.92 Å². The number of sulfonamides is 1. The molecule has 4 rings (SSSR count). The fraction of sp³-hybridized carbons (Fsp3) is 0.321. The lowest BCUT2D eigenvalue weighted by molar-refractivity contribution is -0.686. The SMILES string of the molecule is Cc1ccccc1-c1cccc(C[NH2+]Cc2cc([N-]S(C)(=O)=O)cc(C(=O)N3CCCCC3)c2)c1. The Labute approximate surface area is 208 Å². The first kappa shape index (κ1) is 24.9. The van der Waals surface area contributed by atoms with E-state index in [0.717, 1.165) is 50.7 Å². The van der Waals surface area contributed by atoms with Gasteiger partial charge in [-0.25, -0.2) is 8.42 Å². The van der Waals surface area contributed by atoms with E-state index in [1.54, 1.807) is 12.1 Å². The zero-order valence-corrected chi connectivity index (χ0v) is 21.2. The van der Waals surface area contributed by atoms with Crippen LogP contribution in [0.25, 0.3) is 15.8 Å². The number of hydrogen-bond acceptors (Lipinski definition) is 3. The van der Waals surface area contributed by atoms with Crippen molar-refractivity contribution >= 4 is 21.6 Å². The van der Waals surface area contributed by atoms with Crippen molar-refractivity contribution < 1.29 is 18.5 Å². The fourth-order valence-corrected chi connectivity index (χ4v) is 5.10. The summed E-state index contributed by atoms with van der Waals surface area (Å²) in [7, 11) is -3.57. The van der Waals surface area contributed by atoms with Gasteiger partial charge in [0.1, 0.15) is 13.1 Å². The second-order valence-corrected chi connectivity index (χ2v) is 10.9. The number of carbonyl (C=O) groups is 1. The molecule has 0 unspecified atom stereocenters. The van der Waals surface area contributed by atoms with Crippen LogP contribution in [0.2, 0.25) is 0 Å². The molecule has 1 saturated heterocycles. The molecular weight excluding hydrogens is 458 g/mol. The second kappa shape index (κ2) is 11.1. The molecule has 0 bridgehead atoms. The third kappa shape index (κ3) is 6.93. The Morgan fingerprint density at radius 3 is 2.40 bits per heavy atom. The zero-order valence-electron chi connectivity index (χ0n) is 20.4. The summed E-state index contributed by atoms with van der Waals surface area (Å²) < 4.78 is 27.4. The summed E-state index contributed by atoms with van der Waals surface area (Å²) in [5.41, 5.74) is 6.55. The van der Waals surface area contributed by atoms with E-state index in [1.165, 1.54) is 22.3 Å². The maximum Gasteiger partial charge on any atom is 0.253 e. The van der Waals surface area contributed by atoms with Gasteiger partial charge in [0, 0.05) is 36.0 Å². The number of amides is 1. The molecule has 1 aliphatic heterocycles. The van der Waals surface area contributed by atoms with E-state index in [4.69, 9.17) is 0 Å². The van der Waals surface area contributed by atoms with Crippen molar-refractivity contribution in [1.29, 1.82) is 0 Å². The van der Waals surface area contributed by atoms with Crippen LogP contribution in [0.1, 0.15) is 46.3 Å². The summed E-state index contributed by atoms with van der Waals surface area (Å²) in [5, 5.41) is 2.16. The molecular formula is C28H33N3O3S. The first-order valence-electron chi connectivity index (χ1n) is 12.1. The van der Waals surface area contributed by atoms with Crippen LogP contribution in [0.15, 0.2) is 66.7 Å². The molecule has 7 heteroatoms. The Morgan fingerprint density at radius 1 is 0.914 bits per heavy atom. The molecule has 35 heavy (non-hydrogen) atoms. The van der Waals surface area contributed by atoms with Gasteiger partial charge in [0.15, 0.2) is 0 Å². The molecule has 0 spiro atoms. The highest BCUT2D eigenvalue weighted by Crippen LogP contribution is 2.27. The molecule has 0 atom stereocenters. The van der Waals surface area contributed by atoms with Gasteiger partial charge in [0.05, 0.1) is 10.0 Å². The van der Waals surface area contributed by atoms with Crippen molar-refractivity contribution in [1.82, 2.24) is 4.90 Å². The van der Waals surface area contributed by atoms with Crippen LogP contribution in [0.5, 0.6) is 0 Å². The minimum Gasteiger partial charge on any atom is -0.577 e. The van der Waals surface area contributed by atoms with Crippen molar-refractivity contribution in [3.8, 4) is 11.1 Å². The number of quaternary nitrogens is 1. The van der Waals surface area contributed by atoms with Crippen molar-refractivity contribution in [2.45, 2.75) is 39.3 Å². The first-order chi connectivity index (χ1) is 16.8. The largest absolute Gasteiger partial charge is 0.577 e. The second-order valence-electron chi connectivity index (χ2n) is 9.28. The molecule has 184 valence electrons. The Hall–Kier alpha value is -3.16. The lowest BCUT2D eigenvalue weighted by Gasteiger charge is -2.28. The van der Waals surface area contributed by atoms with E-state index in [0.29, 0.717) is 17.8 Å². The summed E-state index contributed by atoms with van der Waals surface area (Å²) in [6.07, 6.45) is 4.21. The summed E-state index contributed by atoms with van der Waals surface area (Å²) >= 11 is 0. The molecule has 2 N–H and O–H groups in total. The van der Waals surface area contributed by atoms with Crippen LogP contribution >= 0.6 is 0 Å². The molecule has 0 radical (unpaired) electrons. The molecule has 0 aliphatic carbocycles. The van der Waals surface area contributed by atoms with Crippen LogP contribution < -0.4 is 5.32 Å². The van der Waals surface area contributed by atoms with Gasteiger partial charge < -0.3 is 14.9 Å². The Balaban J connectivity index is 1.49. The third-order valence-electron chi connectivity index (χ3n) is 6.28. The summed E-state index contributed by atoms with van der Waals surface area (Å²) in [6, 6.07) is 22.1. The van der Waals surface area contributed by atoms with Gasteiger partial charge in [-0.2, -0.15) is 0 Å². The molecule has 1 heterocycles. The molecule has 1 amide bonds. The number of aryl methyl sites for hydroxylation is 1. The molecule has 6 nitrogen and oxygen atoms in total. The van der Waals surface area contributed by atoms with Crippen molar-refractivity contribution in [2.24, 2.45) is 0 Å². The monoisotopic (exact) mass is 491 g/mol. The molecule has 3 aromatic rings. The quantitative estimate of drug-likeness (QED) is 0.503. The van der Waals surface area contributed by atoms with Crippen molar-refractivity contribution in [3.63, 3.8) is 0 Å². The van der Waals surface area contributed by atoms with Crippen LogP contribution in [-0.4, -0.2) is 38.6 Å². The van der Waals surface area contributed by atoms with Gasteiger partial charge >= 0.3 is 0 Å². The number of rotatable bonds is 8. The highest BCUT2D eigenvalue weighted by molar-refractivity contribution is 7.93. The number of carbonyl (C=O) groups excluding carboxylic acids is 1. The zero-order chi connectivity index (χ0) is 24.8. The summed E-state index contributed by atoms with van der Waals surface area (Å²) in [6.45, 7) is 4.98. The number of benzene rings is 3. The van der Waals surface area contributed by atoms with Gasteiger partial charge in [0.2, 0.25) is 0 Å². The van der Waals surface area contributed by atoms with Gasteiger partial charge in [-0.1, -0.05) is 54.6 Å². The molecule has 1 aliphatic rings. The van der Waals surface area contributed by atoms with E-state index >= 15 is 0 Å². The Kier molecular flexibility index (Phi) is 7.88. The molecule has 1 fully saturated rings. The van der Waals surface area contributed by atoms with Gasteiger partial charge in [-0.3, -0.25) is 4.79 Å². The average Bonchev–Trinajstić information content (AvgIpc) is 2.83. The lowest BCUT2D eigenvalue weighted by Crippen LogP contribution is -2.80. The number of likely N-dealkylation sites (tertiary alicyclic amines) is 1. The van der Waals surface area contributed by atoms with Crippen LogP contribution in [0.4, 0.5) is 5.69 Å². The maximum atomic E-state index is 13.1. The van der Waals surface area contributed by atoms with E-state index < -0.39 is 10.0 Å². The number of hydrogen-bond donors (Lipinski definition) is 1. The summed E-state index contributed by atoms with van der Waals surface area (Å²) in [4.78, 5) is 14.9. The number of nitrogens with two attached hydrogens (primary N) is 1. The lowest BCUT2D eigenvalue weighted by atomic mass is 9.99. The van der Waals surface area contributed by atoms with E-state index in [-0.39, 0.29) is 5.91 Å². The summed E-state index contributed by atoms with van der Waals surface area (Å²) in [5.74, 6) is -0.0533. The predicted molar refractivity (Wildman–Crippen MR) is 140 cm³/mol. The topological polar surface area (TPSA) is 85.2 Å². The molecule has 3 aromatic carbocycles. The van der Waals surface area contributed by atoms with Crippen molar-refractivity contribution in [2.75, 3.05) is 19.3 Å². The van der Waals surface area contributed by atoms with Crippen LogP contribution in [0.3, 0.4) is 0 Å². The van der Waals surface area contributed by atoms with Gasteiger partial charge in [-0.15, -0.1) is 5.69 Å². The third-order valence-corrected chi connectivity index (χ3v) is 6.82. The maximum absolute atomic E-state index is 13.1. The van der Waals surface area contributed by atoms with E-state index in [2.05, 4.69) is 59.4 Å². The van der Waals surface area contributed by atoms with E-state index in [9.17, 15) is 13.2 Å². The average molecular weight is 492 g/mol. The first-order valence-corrected chi connectivity index (χ1v) is 14.0. The van der Waals surface area contributed by atoms with Crippen LogP contribution in [-0.2, 0) is 23.1 Å². The van der Waals surface area contributed by atoms with Gasteiger partial charge in [-0.05, 0) is 55.0 Å². The van der Waals surface area contributed by atoms with E-state index in [1.807, 2.05) is 17.0 Å². The highest BCUT2D eigenvalue weighted by atomic mass is 32.2. The standard InChI is InChI=1S/C28H32N3O3S/c1-21-9-4-5-12-27(21)24-11-8-10-22(15-24)19-29-20-23-16-25(18-26(17-23)30-35(2,33)34)28(32)31-13-6-3-7-14-31/h4-5,8-12,15-18,29H,3,6-7,13-14,19-20H2,1-2H3/q-1/p+1. The number of nitrogens with zero attached hydrogens (tertiary/aromatic N) is 2. The normalized spacial score (nSPS) is 14.1. The fourth-order valence-electron chi connectivity index (χ4n) is 4.61. The minimum atomic E-state index is -3.57. The minimum absolute atomic E-state index is 0.0533. The molecule has 0 aromatic heterocycles. The smallest absolute Gasteiger partial charge is 0.253 e. The Bertz CT molecular complexity index is 1300. The Morgan fingerprint density at radius 2 is 1.66 bits per heavy atom. The predicted octanol–water partition coefficient (Wildman–Crippen LogP) is 4.52. The van der Waals surface area contributed by atoms with Gasteiger partial charge in [0.25, 0.3) is 5.91 Å².